The van der Waals surface area contributed by atoms with E-state index < -0.39 is 0 Å². The van der Waals surface area contributed by atoms with Gasteiger partial charge in [-0.3, -0.25) is 4.79 Å². The molecule has 0 radical (unpaired) electrons. The van der Waals surface area contributed by atoms with Crippen LogP contribution in [-0.2, 0) is 9.53 Å². The van der Waals surface area contributed by atoms with Crippen molar-refractivity contribution in [1.82, 2.24) is 0 Å². The summed E-state index contributed by atoms with van der Waals surface area (Å²) in [6.45, 7) is 0.352. The molecule has 0 aliphatic rings. The summed E-state index contributed by atoms with van der Waals surface area (Å²) in [6.07, 6.45) is 0.214. The van der Waals surface area contributed by atoms with E-state index in [1.165, 1.54) is 13.2 Å². The molecule has 0 atom stereocenters. The zero-order valence-corrected chi connectivity index (χ0v) is 9.80. The van der Waals surface area contributed by atoms with Crippen molar-refractivity contribution in [3.8, 4) is 0 Å². The van der Waals surface area contributed by atoms with Crippen molar-refractivity contribution in [2.45, 2.75) is 6.42 Å². The molecule has 0 unspecified atom stereocenters. The molecule has 0 saturated carbocycles. The van der Waals surface area contributed by atoms with Crippen LogP contribution >= 0.6 is 15.9 Å². The lowest BCUT2D eigenvalue weighted by Gasteiger charge is -2.06. The number of anilines is 1. The van der Waals surface area contributed by atoms with Crippen LogP contribution in [0.25, 0.3) is 0 Å². The summed E-state index contributed by atoms with van der Waals surface area (Å²) in [7, 11) is 1.32. The lowest BCUT2D eigenvalue weighted by atomic mass is 10.3. The van der Waals surface area contributed by atoms with E-state index in [9.17, 15) is 9.18 Å². The Balaban J connectivity index is 2.47. The van der Waals surface area contributed by atoms with Crippen LogP contribution in [-0.4, -0.2) is 19.6 Å². The maximum atomic E-state index is 13.2. The molecule has 0 heterocycles. The Bertz CT molecular complexity index is 357. The summed E-state index contributed by atoms with van der Waals surface area (Å²) in [5.41, 5.74) is 0.377. The Morgan fingerprint density at radius 1 is 1.60 bits per heavy atom. The molecule has 15 heavy (non-hydrogen) atoms. The smallest absolute Gasteiger partial charge is 0.307 e. The van der Waals surface area contributed by atoms with Crippen molar-refractivity contribution in [1.29, 1.82) is 0 Å². The molecule has 0 bridgehead atoms. The van der Waals surface area contributed by atoms with Gasteiger partial charge in [0.25, 0.3) is 0 Å². The van der Waals surface area contributed by atoms with Crippen LogP contribution in [0, 0.1) is 5.82 Å². The Hall–Kier alpha value is -1.10. The highest BCUT2D eigenvalue weighted by atomic mass is 79.9. The van der Waals surface area contributed by atoms with Gasteiger partial charge in [-0.2, -0.15) is 0 Å². The Labute approximate surface area is 95.7 Å². The first-order valence-electron chi connectivity index (χ1n) is 4.39. The molecule has 0 aromatic heterocycles. The molecule has 0 aliphatic heterocycles. The van der Waals surface area contributed by atoms with E-state index in [-0.39, 0.29) is 18.2 Å². The third-order valence-electron chi connectivity index (χ3n) is 1.80. The lowest BCUT2D eigenvalue weighted by Crippen LogP contribution is -2.10. The van der Waals surface area contributed by atoms with E-state index in [1.54, 1.807) is 12.1 Å². The first-order valence-corrected chi connectivity index (χ1v) is 5.18. The third kappa shape index (κ3) is 3.87. The van der Waals surface area contributed by atoms with Gasteiger partial charge in [0.1, 0.15) is 5.82 Å². The predicted octanol–water partition coefficient (Wildman–Crippen LogP) is 2.56. The number of nitrogens with one attached hydrogen (secondary N) is 1. The van der Waals surface area contributed by atoms with Gasteiger partial charge in [-0.15, -0.1) is 0 Å². The normalized spacial score (nSPS) is 9.80. The number of ether oxygens (including phenoxy) is 1. The minimum Gasteiger partial charge on any atom is -0.469 e. The molecule has 0 amide bonds. The Kier molecular flexibility index (Phi) is 4.55. The predicted molar refractivity (Wildman–Crippen MR) is 59.2 cm³/mol. The van der Waals surface area contributed by atoms with Gasteiger partial charge in [0.2, 0.25) is 0 Å². The number of hydrogen-bond donors (Lipinski definition) is 1. The van der Waals surface area contributed by atoms with E-state index in [1.807, 2.05) is 0 Å². The van der Waals surface area contributed by atoms with Crippen molar-refractivity contribution in [2.75, 3.05) is 19.0 Å². The summed E-state index contributed by atoms with van der Waals surface area (Å²) in [4.78, 5) is 10.8. The van der Waals surface area contributed by atoms with Crippen molar-refractivity contribution in [3.63, 3.8) is 0 Å². The standard InChI is InChI=1S/C10H11BrFNO2/c1-15-10(14)4-5-13-9-3-2-7(11)6-8(9)12/h2-3,6,13H,4-5H2,1H3. The van der Waals surface area contributed by atoms with Gasteiger partial charge >= 0.3 is 5.97 Å². The molecular formula is C10H11BrFNO2. The molecule has 5 heteroatoms. The van der Waals surface area contributed by atoms with Gasteiger partial charge in [0, 0.05) is 11.0 Å². The quantitative estimate of drug-likeness (QED) is 0.859. The summed E-state index contributed by atoms with van der Waals surface area (Å²) < 4.78 is 18.4. The van der Waals surface area contributed by atoms with Gasteiger partial charge < -0.3 is 10.1 Å². The number of methoxy groups -OCH3 is 1. The van der Waals surface area contributed by atoms with E-state index in [4.69, 9.17) is 0 Å². The number of rotatable bonds is 4. The van der Waals surface area contributed by atoms with Gasteiger partial charge in [-0.05, 0) is 18.2 Å². The van der Waals surface area contributed by atoms with Crippen LogP contribution in [0.15, 0.2) is 22.7 Å². The number of carbonyl (C=O) groups is 1. The monoisotopic (exact) mass is 275 g/mol. The number of esters is 1. The van der Waals surface area contributed by atoms with Gasteiger partial charge in [0.05, 0.1) is 19.2 Å². The molecule has 3 nitrogen and oxygen atoms in total. The second-order valence-corrected chi connectivity index (χ2v) is 3.79. The number of carbonyl (C=O) groups excluding carboxylic acids is 1. The first kappa shape index (κ1) is 12.0. The summed E-state index contributed by atoms with van der Waals surface area (Å²) in [6, 6.07) is 4.70. The molecule has 0 fully saturated rings. The van der Waals surface area contributed by atoms with Gasteiger partial charge in [-0.1, -0.05) is 15.9 Å². The largest absolute Gasteiger partial charge is 0.469 e. The van der Waals surface area contributed by atoms with E-state index in [2.05, 4.69) is 26.0 Å². The zero-order chi connectivity index (χ0) is 11.3. The van der Waals surface area contributed by atoms with Crippen molar-refractivity contribution < 1.29 is 13.9 Å². The van der Waals surface area contributed by atoms with Crippen molar-refractivity contribution in [3.05, 3.63) is 28.5 Å². The number of benzene rings is 1. The number of halogens is 2. The molecule has 1 aromatic carbocycles. The fraction of sp³-hybridized carbons (Fsp3) is 0.300. The zero-order valence-electron chi connectivity index (χ0n) is 8.22. The van der Waals surface area contributed by atoms with Crippen LogP contribution in [0.3, 0.4) is 0 Å². The van der Waals surface area contributed by atoms with Crippen LogP contribution in [0.1, 0.15) is 6.42 Å². The van der Waals surface area contributed by atoms with Gasteiger partial charge in [0.15, 0.2) is 0 Å². The van der Waals surface area contributed by atoms with Gasteiger partial charge in [-0.25, -0.2) is 4.39 Å². The molecule has 1 rings (SSSR count). The average molecular weight is 276 g/mol. The lowest BCUT2D eigenvalue weighted by molar-refractivity contribution is -0.140. The maximum Gasteiger partial charge on any atom is 0.307 e. The number of hydrogen-bond acceptors (Lipinski definition) is 3. The van der Waals surface area contributed by atoms with E-state index in [0.717, 1.165) is 0 Å². The van der Waals surface area contributed by atoms with Crippen LogP contribution in [0.2, 0.25) is 0 Å². The second kappa shape index (κ2) is 5.70. The van der Waals surface area contributed by atoms with E-state index >= 15 is 0 Å². The molecule has 1 N–H and O–H groups in total. The molecular weight excluding hydrogens is 265 g/mol. The fourth-order valence-electron chi connectivity index (χ4n) is 1.03. The highest BCUT2D eigenvalue weighted by Crippen LogP contribution is 2.19. The average Bonchev–Trinajstić information content (AvgIpc) is 2.21. The molecule has 1 aromatic rings. The minimum absolute atomic E-state index is 0.214. The topological polar surface area (TPSA) is 38.3 Å². The summed E-state index contributed by atoms with van der Waals surface area (Å²) >= 11 is 3.16. The van der Waals surface area contributed by atoms with Crippen LogP contribution in [0.5, 0.6) is 0 Å². The highest BCUT2D eigenvalue weighted by Gasteiger charge is 2.03. The molecule has 0 spiro atoms. The van der Waals surface area contributed by atoms with Crippen LogP contribution < -0.4 is 5.32 Å². The van der Waals surface area contributed by atoms with Crippen molar-refractivity contribution in [2.24, 2.45) is 0 Å². The van der Waals surface area contributed by atoms with E-state index in [0.29, 0.717) is 16.7 Å². The summed E-state index contributed by atoms with van der Waals surface area (Å²) in [5, 5.41) is 2.81. The first-order chi connectivity index (χ1) is 7.13. The fourth-order valence-corrected chi connectivity index (χ4v) is 1.37. The summed E-state index contributed by atoms with van der Waals surface area (Å²) in [5.74, 6) is -0.672. The molecule has 82 valence electrons. The molecule has 0 aliphatic carbocycles. The minimum atomic E-state index is -0.353. The second-order valence-electron chi connectivity index (χ2n) is 2.88. The molecule has 0 saturated heterocycles. The Morgan fingerprint density at radius 3 is 2.93 bits per heavy atom. The Morgan fingerprint density at radius 2 is 2.33 bits per heavy atom. The third-order valence-corrected chi connectivity index (χ3v) is 2.30. The van der Waals surface area contributed by atoms with Crippen LogP contribution in [0.4, 0.5) is 10.1 Å². The maximum absolute atomic E-state index is 13.2. The van der Waals surface area contributed by atoms with Crippen molar-refractivity contribution >= 4 is 27.6 Å². The highest BCUT2D eigenvalue weighted by molar-refractivity contribution is 9.10. The SMILES string of the molecule is COC(=O)CCNc1ccc(Br)cc1F.